The first kappa shape index (κ1) is 7.67. The third-order valence-electron chi connectivity index (χ3n) is 2.51. The van der Waals surface area contributed by atoms with Crippen molar-refractivity contribution >= 4 is 16.8 Å². The summed E-state index contributed by atoms with van der Waals surface area (Å²) in [7, 11) is 0. The Hall–Kier alpha value is -1.71. The van der Waals surface area contributed by atoms with Gasteiger partial charge in [-0.15, -0.1) is 0 Å². The van der Waals surface area contributed by atoms with E-state index < -0.39 is 0 Å². The maximum Gasteiger partial charge on any atom is 0.182 e. The number of H-pyrrole nitrogens is 1. The van der Waals surface area contributed by atoms with Crippen molar-refractivity contribution in [2.45, 2.75) is 12.8 Å². The zero-order valence-electron chi connectivity index (χ0n) is 7.53. The van der Waals surface area contributed by atoms with Gasteiger partial charge in [-0.3, -0.25) is 4.79 Å². The molecule has 0 radical (unpaired) electrons. The summed E-state index contributed by atoms with van der Waals surface area (Å²) in [5.74, 6) is 0.457. The van der Waals surface area contributed by atoms with Gasteiger partial charge in [-0.05, 0) is 18.9 Å². The summed E-state index contributed by atoms with van der Waals surface area (Å²) in [6.07, 6.45) is 5.24. The van der Waals surface area contributed by atoms with Crippen molar-refractivity contribution in [3.63, 3.8) is 0 Å². The molecule has 0 unspecified atom stereocenters. The van der Waals surface area contributed by atoms with Gasteiger partial charge in [0, 0.05) is 17.5 Å². The van der Waals surface area contributed by atoms with Crippen LogP contribution in [0.2, 0.25) is 0 Å². The first-order chi connectivity index (χ1) is 6.84. The Bertz CT molecular complexity index is 466. The predicted octanol–water partition coefficient (Wildman–Crippen LogP) is 1.55. The van der Waals surface area contributed by atoms with E-state index in [1.54, 1.807) is 6.20 Å². The SMILES string of the molecule is O=C(c1cc2cncnc2[nH]1)C1CC1. The molecule has 0 aromatic carbocycles. The second-order valence-corrected chi connectivity index (χ2v) is 3.65. The summed E-state index contributed by atoms with van der Waals surface area (Å²) in [5.41, 5.74) is 1.41. The second-order valence-electron chi connectivity index (χ2n) is 3.65. The number of nitrogens with zero attached hydrogens (tertiary/aromatic N) is 2. The van der Waals surface area contributed by atoms with Gasteiger partial charge >= 0.3 is 0 Å². The molecular formula is C10H9N3O. The smallest absolute Gasteiger partial charge is 0.182 e. The number of aromatic nitrogens is 3. The molecule has 1 fully saturated rings. The molecular weight excluding hydrogens is 178 g/mol. The van der Waals surface area contributed by atoms with E-state index in [0.29, 0.717) is 5.69 Å². The number of Topliss-reactive ketones (excluding diaryl/α,β-unsaturated/α-hetero) is 1. The molecule has 2 aromatic rings. The molecule has 0 atom stereocenters. The molecule has 4 heteroatoms. The van der Waals surface area contributed by atoms with Gasteiger partial charge in [0.2, 0.25) is 0 Å². The van der Waals surface area contributed by atoms with E-state index in [1.807, 2.05) is 6.07 Å². The van der Waals surface area contributed by atoms with Crippen LogP contribution in [0, 0.1) is 5.92 Å². The third-order valence-corrected chi connectivity index (χ3v) is 2.51. The Balaban J connectivity index is 2.09. The largest absolute Gasteiger partial charge is 0.337 e. The highest BCUT2D eigenvalue weighted by Crippen LogP contribution is 2.32. The number of carbonyl (C=O) groups excluding carboxylic acids is 1. The lowest BCUT2D eigenvalue weighted by Crippen LogP contribution is -2.00. The molecule has 70 valence electrons. The van der Waals surface area contributed by atoms with Crippen molar-refractivity contribution in [2.24, 2.45) is 5.92 Å². The molecule has 1 N–H and O–H groups in total. The summed E-state index contributed by atoms with van der Waals surface area (Å²) >= 11 is 0. The standard InChI is InChI=1S/C10H9N3O/c14-9(6-1-2-6)8-3-7-4-11-5-12-10(7)13-8/h3-6H,1-2H2,(H,11,12,13). The van der Waals surface area contributed by atoms with E-state index in [-0.39, 0.29) is 11.7 Å². The maximum absolute atomic E-state index is 11.7. The number of carbonyl (C=O) groups is 1. The molecule has 2 heterocycles. The van der Waals surface area contributed by atoms with Crippen LogP contribution < -0.4 is 0 Å². The molecule has 1 aliphatic rings. The number of hydrogen-bond donors (Lipinski definition) is 1. The molecule has 0 bridgehead atoms. The Morgan fingerprint density at radius 3 is 3.07 bits per heavy atom. The van der Waals surface area contributed by atoms with E-state index in [1.165, 1.54) is 6.33 Å². The molecule has 0 saturated heterocycles. The van der Waals surface area contributed by atoms with E-state index >= 15 is 0 Å². The van der Waals surface area contributed by atoms with Gasteiger partial charge < -0.3 is 4.98 Å². The van der Waals surface area contributed by atoms with Crippen LogP contribution in [-0.4, -0.2) is 20.7 Å². The lowest BCUT2D eigenvalue weighted by atomic mass is 10.2. The number of ketones is 1. The van der Waals surface area contributed by atoms with Crippen LogP contribution in [0.5, 0.6) is 0 Å². The van der Waals surface area contributed by atoms with Crippen LogP contribution in [0.15, 0.2) is 18.6 Å². The monoisotopic (exact) mass is 187 g/mol. The zero-order chi connectivity index (χ0) is 9.54. The fourth-order valence-corrected chi connectivity index (χ4v) is 1.57. The third kappa shape index (κ3) is 1.11. The van der Waals surface area contributed by atoms with Crippen molar-refractivity contribution in [1.29, 1.82) is 0 Å². The lowest BCUT2D eigenvalue weighted by Gasteiger charge is -1.90. The van der Waals surface area contributed by atoms with Crippen molar-refractivity contribution in [1.82, 2.24) is 15.0 Å². The highest BCUT2D eigenvalue weighted by Gasteiger charge is 2.31. The van der Waals surface area contributed by atoms with Gasteiger partial charge in [0.15, 0.2) is 5.78 Å². The van der Waals surface area contributed by atoms with Crippen LogP contribution in [-0.2, 0) is 0 Å². The van der Waals surface area contributed by atoms with Crippen molar-refractivity contribution in [3.8, 4) is 0 Å². The molecule has 14 heavy (non-hydrogen) atoms. The summed E-state index contributed by atoms with van der Waals surface area (Å²) in [5, 5.41) is 0.900. The Labute approximate surface area is 80.4 Å². The minimum absolute atomic E-state index is 0.211. The Morgan fingerprint density at radius 1 is 1.50 bits per heavy atom. The maximum atomic E-state index is 11.7. The molecule has 0 aliphatic heterocycles. The normalized spacial score (nSPS) is 16.0. The molecule has 1 saturated carbocycles. The number of hydrogen-bond acceptors (Lipinski definition) is 3. The van der Waals surface area contributed by atoms with Crippen LogP contribution in [0.25, 0.3) is 11.0 Å². The average molecular weight is 187 g/mol. The minimum atomic E-state index is 0.211. The highest BCUT2D eigenvalue weighted by atomic mass is 16.1. The van der Waals surface area contributed by atoms with Crippen LogP contribution >= 0.6 is 0 Å². The molecule has 3 rings (SSSR count). The fraction of sp³-hybridized carbons (Fsp3) is 0.300. The number of nitrogens with one attached hydrogen (secondary N) is 1. The lowest BCUT2D eigenvalue weighted by molar-refractivity contribution is 0.0963. The Kier molecular flexibility index (Phi) is 1.45. The predicted molar refractivity (Wildman–Crippen MR) is 50.9 cm³/mol. The highest BCUT2D eigenvalue weighted by molar-refractivity contribution is 6.01. The van der Waals surface area contributed by atoms with Crippen LogP contribution in [0.1, 0.15) is 23.3 Å². The molecule has 2 aromatic heterocycles. The summed E-state index contributed by atoms with van der Waals surface area (Å²) in [4.78, 5) is 22.7. The van der Waals surface area contributed by atoms with Crippen LogP contribution in [0.4, 0.5) is 0 Å². The first-order valence-electron chi connectivity index (χ1n) is 4.67. The van der Waals surface area contributed by atoms with Crippen molar-refractivity contribution < 1.29 is 4.79 Å². The van der Waals surface area contributed by atoms with Gasteiger partial charge in [0.1, 0.15) is 12.0 Å². The summed E-state index contributed by atoms with van der Waals surface area (Å²) < 4.78 is 0. The molecule has 0 amide bonds. The van der Waals surface area contributed by atoms with E-state index in [9.17, 15) is 4.79 Å². The fourth-order valence-electron chi connectivity index (χ4n) is 1.57. The van der Waals surface area contributed by atoms with Gasteiger partial charge in [0.25, 0.3) is 0 Å². The van der Waals surface area contributed by atoms with E-state index in [2.05, 4.69) is 15.0 Å². The average Bonchev–Trinajstić information content (AvgIpc) is 2.95. The summed E-state index contributed by atoms with van der Waals surface area (Å²) in [6, 6.07) is 1.83. The quantitative estimate of drug-likeness (QED) is 0.725. The number of fused-ring (bicyclic) bond motifs is 1. The van der Waals surface area contributed by atoms with Gasteiger partial charge in [-0.25, -0.2) is 9.97 Å². The summed E-state index contributed by atoms with van der Waals surface area (Å²) in [6.45, 7) is 0. The van der Waals surface area contributed by atoms with Crippen molar-refractivity contribution in [2.75, 3.05) is 0 Å². The van der Waals surface area contributed by atoms with E-state index in [4.69, 9.17) is 0 Å². The molecule has 0 spiro atoms. The topological polar surface area (TPSA) is 58.6 Å². The van der Waals surface area contributed by atoms with Crippen molar-refractivity contribution in [3.05, 3.63) is 24.3 Å². The van der Waals surface area contributed by atoms with Gasteiger partial charge in [-0.2, -0.15) is 0 Å². The molecule has 4 nitrogen and oxygen atoms in total. The van der Waals surface area contributed by atoms with Gasteiger partial charge in [0.05, 0.1) is 5.69 Å². The number of aromatic amines is 1. The zero-order valence-corrected chi connectivity index (χ0v) is 7.53. The number of rotatable bonds is 2. The first-order valence-corrected chi connectivity index (χ1v) is 4.67. The minimum Gasteiger partial charge on any atom is -0.337 e. The van der Waals surface area contributed by atoms with E-state index in [0.717, 1.165) is 23.9 Å². The van der Waals surface area contributed by atoms with Gasteiger partial charge in [-0.1, -0.05) is 0 Å². The molecule has 1 aliphatic carbocycles. The second kappa shape index (κ2) is 2.64. The Morgan fingerprint density at radius 2 is 2.36 bits per heavy atom. The van der Waals surface area contributed by atoms with Crippen LogP contribution in [0.3, 0.4) is 0 Å².